The lowest BCUT2D eigenvalue weighted by Gasteiger charge is -2.09. The van der Waals surface area contributed by atoms with Crippen molar-refractivity contribution in [2.24, 2.45) is 0 Å². The van der Waals surface area contributed by atoms with Crippen LogP contribution in [0.5, 0.6) is 0 Å². The molecular formula is C15H12Cl2N4. The molecule has 0 aliphatic rings. The van der Waals surface area contributed by atoms with Crippen molar-refractivity contribution < 1.29 is 0 Å². The monoisotopic (exact) mass is 318 g/mol. The van der Waals surface area contributed by atoms with E-state index in [9.17, 15) is 0 Å². The minimum atomic E-state index is 0.677. The molecule has 3 rings (SSSR count). The van der Waals surface area contributed by atoms with Crippen LogP contribution in [0.4, 0.5) is 22.9 Å². The summed E-state index contributed by atoms with van der Waals surface area (Å²) in [7, 11) is 0. The molecule has 21 heavy (non-hydrogen) atoms. The van der Waals surface area contributed by atoms with Crippen LogP contribution in [0.15, 0.2) is 54.7 Å². The first-order valence-corrected chi connectivity index (χ1v) is 7.05. The molecule has 6 heteroatoms. The Morgan fingerprint density at radius 3 is 2.43 bits per heavy atom. The van der Waals surface area contributed by atoms with E-state index < -0.39 is 0 Å². The average Bonchev–Trinajstić information content (AvgIpc) is 2.89. The highest BCUT2D eigenvalue weighted by atomic mass is 35.5. The van der Waals surface area contributed by atoms with Crippen LogP contribution in [0.3, 0.4) is 0 Å². The Balaban J connectivity index is 1.79. The fourth-order valence-electron chi connectivity index (χ4n) is 1.88. The van der Waals surface area contributed by atoms with Crippen LogP contribution >= 0.6 is 23.2 Å². The van der Waals surface area contributed by atoms with Crippen molar-refractivity contribution in [3.05, 3.63) is 64.8 Å². The molecule has 0 aliphatic heterocycles. The van der Waals surface area contributed by atoms with Crippen LogP contribution in [-0.4, -0.2) is 10.2 Å². The maximum atomic E-state index is 5.98. The van der Waals surface area contributed by atoms with Gasteiger partial charge in [-0.3, -0.25) is 5.10 Å². The highest BCUT2D eigenvalue weighted by Gasteiger charge is 2.06. The molecule has 0 atom stereocenters. The molecule has 0 saturated heterocycles. The SMILES string of the molecule is Clc1ccc(Nc2[nH]ncc2Nc2cccc(Cl)c2)cc1. The largest absolute Gasteiger partial charge is 0.351 e. The van der Waals surface area contributed by atoms with Gasteiger partial charge in [-0.1, -0.05) is 29.3 Å². The number of aromatic nitrogens is 2. The minimum absolute atomic E-state index is 0.677. The standard InChI is InChI=1S/C15H12Cl2N4/c16-10-4-6-12(7-5-10)20-15-14(9-18-21-15)19-13-3-1-2-11(17)8-13/h1-9,19H,(H2,18,20,21). The molecule has 0 spiro atoms. The van der Waals surface area contributed by atoms with E-state index in [1.165, 1.54) is 0 Å². The number of anilines is 4. The lowest BCUT2D eigenvalue weighted by atomic mass is 10.3. The Labute approximate surface area is 132 Å². The summed E-state index contributed by atoms with van der Waals surface area (Å²) in [5.41, 5.74) is 2.63. The number of hydrogen-bond donors (Lipinski definition) is 3. The van der Waals surface area contributed by atoms with E-state index in [-0.39, 0.29) is 0 Å². The van der Waals surface area contributed by atoms with Gasteiger partial charge in [0, 0.05) is 21.4 Å². The highest BCUT2D eigenvalue weighted by Crippen LogP contribution is 2.27. The van der Waals surface area contributed by atoms with E-state index in [2.05, 4.69) is 20.8 Å². The molecule has 4 nitrogen and oxygen atoms in total. The summed E-state index contributed by atoms with van der Waals surface area (Å²) in [6, 6.07) is 14.9. The number of nitrogens with zero attached hydrogens (tertiary/aromatic N) is 1. The Hall–Kier alpha value is -2.17. The van der Waals surface area contributed by atoms with E-state index in [1.54, 1.807) is 6.20 Å². The Morgan fingerprint density at radius 2 is 1.67 bits per heavy atom. The predicted molar refractivity (Wildman–Crippen MR) is 88.1 cm³/mol. The van der Waals surface area contributed by atoms with Gasteiger partial charge in [0.15, 0.2) is 0 Å². The molecule has 2 aromatic carbocycles. The average molecular weight is 319 g/mol. The summed E-state index contributed by atoms with van der Waals surface area (Å²) >= 11 is 11.9. The molecule has 0 unspecified atom stereocenters. The first kappa shape index (κ1) is 13.8. The molecule has 0 radical (unpaired) electrons. The molecule has 1 heterocycles. The highest BCUT2D eigenvalue weighted by molar-refractivity contribution is 6.31. The number of H-pyrrole nitrogens is 1. The van der Waals surface area contributed by atoms with Crippen molar-refractivity contribution in [1.29, 1.82) is 0 Å². The van der Waals surface area contributed by atoms with E-state index in [4.69, 9.17) is 23.2 Å². The van der Waals surface area contributed by atoms with E-state index in [1.807, 2.05) is 48.5 Å². The van der Waals surface area contributed by atoms with Crippen LogP contribution in [0, 0.1) is 0 Å². The third-order valence-electron chi connectivity index (χ3n) is 2.86. The summed E-state index contributed by atoms with van der Waals surface area (Å²) in [4.78, 5) is 0. The Kier molecular flexibility index (Phi) is 3.99. The lowest BCUT2D eigenvalue weighted by Crippen LogP contribution is -1.96. The summed E-state index contributed by atoms with van der Waals surface area (Å²) < 4.78 is 0. The van der Waals surface area contributed by atoms with Gasteiger partial charge in [-0.15, -0.1) is 0 Å². The summed E-state index contributed by atoms with van der Waals surface area (Å²) in [5.74, 6) is 0.761. The maximum Gasteiger partial charge on any atom is 0.150 e. The first-order valence-electron chi connectivity index (χ1n) is 6.29. The maximum absolute atomic E-state index is 5.98. The number of hydrogen-bond acceptors (Lipinski definition) is 3. The van der Waals surface area contributed by atoms with Gasteiger partial charge in [-0.25, -0.2) is 0 Å². The van der Waals surface area contributed by atoms with Gasteiger partial charge in [0.1, 0.15) is 11.5 Å². The second-order valence-corrected chi connectivity index (χ2v) is 5.30. The van der Waals surface area contributed by atoms with Gasteiger partial charge in [0.2, 0.25) is 0 Å². The molecule has 1 aromatic heterocycles. The van der Waals surface area contributed by atoms with Gasteiger partial charge >= 0.3 is 0 Å². The van der Waals surface area contributed by atoms with Crippen LogP contribution < -0.4 is 10.6 Å². The van der Waals surface area contributed by atoms with Crippen LogP contribution in [0.25, 0.3) is 0 Å². The summed E-state index contributed by atoms with van der Waals surface area (Å²) in [5, 5.41) is 14.8. The Morgan fingerprint density at radius 1 is 0.857 bits per heavy atom. The Bertz CT molecular complexity index is 737. The van der Waals surface area contributed by atoms with Crippen molar-refractivity contribution in [2.45, 2.75) is 0 Å². The molecule has 106 valence electrons. The van der Waals surface area contributed by atoms with Crippen molar-refractivity contribution in [3.8, 4) is 0 Å². The fraction of sp³-hybridized carbons (Fsp3) is 0. The van der Waals surface area contributed by atoms with E-state index in [0.717, 1.165) is 22.9 Å². The molecule has 0 bridgehead atoms. The number of aromatic amines is 1. The third kappa shape index (κ3) is 3.48. The van der Waals surface area contributed by atoms with E-state index in [0.29, 0.717) is 10.0 Å². The van der Waals surface area contributed by atoms with Crippen molar-refractivity contribution >= 4 is 46.1 Å². The van der Waals surface area contributed by atoms with Crippen molar-refractivity contribution in [2.75, 3.05) is 10.6 Å². The summed E-state index contributed by atoms with van der Waals surface area (Å²) in [6.07, 6.45) is 1.71. The third-order valence-corrected chi connectivity index (χ3v) is 3.34. The number of rotatable bonds is 4. The molecular weight excluding hydrogens is 307 g/mol. The van der Waals surface area contributed by atoms with Crippen molar-refractivity contribution in [3.63, 3.8) is 0 Å². The molecule has 3 aromatic rings. The number of nitrogens with one attached hydrogen (secondary N) is 3. The second kappa shape index (κ2) is 6.08. The molecule has 0 fully saturated rings. The van der Waals surface area contributed by atoms with Gasteiger partial charge in [-0.05, 0) is 42.5 Å². The molecule has 3 N–H and O–H groups in total. The smallest absolute Gasteiger partial charge is 0.150 e. The predicted octanol–water partition coefficient (Wildman–Crippen LogP) is 5.20. The number of benzene rings is 2. The van der Waals surface area contributed by atoms with E-state index >= 15 is 0 Å². The minimum Gasteiger partial charge on any atom is -0.351 e. The van der Waals surface area contributed by atoms with Crippen molar-refractivity contribution in [1.82, 2.24) is 10.2 Å². The molecule has 0 saturated carbocycles. The lowest BCUT2D eigenvalue weighted by molar-refractivity contribution is 1.09. The molecule has 0 aliphatic carbocycles. The van der Waals surface area contributed by atoms with Crippen LogP contribution in [0.1, 0.15) is 0 Å². The zero-order valence-corrected chi connectivity index (χ0v) is 12.4. The summed E-state index contributed by atoms with van der Waals surface area (Å²) in [6.45, 7) is 0. The van der Waals surface area contributed by atoms with Gasteiger partial charge in [0.05, 0.1) is 6.20 Å². The van der Waals surface area contributed by atoms with Gasteiger partial charge in [0.25, 0.3) is 0 Å². The number of halogens is 2. The quantitative estimate of drug-likeness (QED) is 0.619. The zero-order valence-electron chi connectivity index (χ0n) is 10.9. The second-order valence-electron chi connectivity index (χ2n) is 4.43. The van der Waals surface area contributed by atoms with Gasteiger partial charge < -0.3 is 10.6 Å². The van der Waals surface area contributed by atoms with Crippen LogP contribution in [-0.2, 0) is 0 Å². The normalized spacial score (nSPS) is 10.4. The van der Waals surface area contributed by atoms with Crippen LogP contribution in [0.2, 0.25) is 10.0 Å². The van der Waals surface area contributed by atoms with Gasteiger partial charge in [-0.2, -0.15) is 5.10 Å². The first-order chi connectivity index (χ1) is 10.2. The topological polar surface area (TPSA) is 52.7 Å². The fourth-order valence-corrected chi connectivity index (χ4v) is 2.19. The zero-order chi connectivity index (χ0) is 14.7. The molecule has 0 amide bonds.